The maximum absolute atomic E-state index is 12.2. The van der Waals surface area contributed by atoms with Crippen molar-refractivity contribution in [2.24, 2.45) is 0 Å². The molecule has 0 fully saturated rings. The van der Waals surface area contributed by atoms with Gasteiger partial charge in [-0.2, -0.15) is 0 Å². The zero-order chi connectivity index (χ0) is 15.2. The molecule has 0 spiro atoms. The predicted octanol–water partition coefficient (Wildman–Crippen LogP) is 3.06. The summed E-state index contributed by atoms with van der Waals surface area (Å²) >= 11 is 0. The first-order valence-corrected chi connectivity index (χ1v) is 6.67. The number of carbonyl (C=O) groups excluding carboxylic acids is 1. The summed E-state index contributed by atoms with van der Waals surface area (Å²) in [5.41, 5.74) is 2.56. The van der Waals surface area contributed by atoms with Gasteiger partial charge in [-0.3, -0.25) is 4.98 Å². The lowest BCUT2D eigenvalue weighted by molar-refractivity contribution is 0.220. The molecule has 5 nitrogen and oxygen atoms in total. The number of aromatic nitrogens is 1. The molecule has 110 valence electrons. The molecule has 2 amide bonds. The molecule has 5 heteroatoms. The highest BCUT2D eigenvalue weighted by molar-refractivity contribution is 5.89. The summed E-state index contributed by atoms with van der Waals surface area (Å²) in [4.78, 5) is 17.9. The number of nitrogens with one attached hydrogen (secondary N) is 1. The summed E-state index contributed by atoms with van der Waals surface area (Å²) in [5.74, 6) is 0.775. The van der Waals surface area contributed by atoms with Crippen LogP contribution >= 0.6 is 0 Å². The molecular weight excluding hydrogens is 266 g/mol. The van der Waals surface area contributed by atoms with E-state index in [0.717, 1.165) is 22.7 Å². The van der Waals surface area contributed by atoms with Crippen molar-refractivity contribution in [1.29, 1.82) is 0 Å². The van der Waals surface area contributed by atoms with Gasteiger partial charge in [-0.1, -0.05) is 18.2 Å². The number of nitrogens with zero attached hydrogens (tertiary/aromatic N) is 2. The molecule has 2 aromatic rings. The van der Waals surface area contributed by atoms with Crippen LogP contribution in [-0.4, -0.2) is 30.1 Å². The van der Waals surface area contributed by atoms with Gasteiger partial charge in [-0.05, 0) is 25.1 Å². The van der Waals surface area contributed by atoms with Crippen LogP contribution in [0.5, 0.6) is 5.75 Å². The van der Waals surface area contributed by atoms with Crippen LogP contribution in [0.15, 0.2) is 42.6 Å². The van der Waals surface area contributed by atoms with Crippen LogP contribution in [0.4, 0.5) is 10.5 Å². The molecule has 2 rings (SSSR count). The van der Waals surface area contributed by atoms with Crippen LogP contribution in [0.2, 0.25) is 0 Å². The number of amides is 2. The lowest BCUT2D eigenvalue weighted by Gasteiger charge is -2.19. The van der Waals surface area contributed by atoms with Gasteiger partial charge in [-0.15, -0.1) is 0 Å². The van der Waals surface area contributed by atoms with Crippen molar-refractivity contribution in [2.75, 3.05) is 19.5 Å². The van der Waals surface area contributed by atoms with Crippen LogP contribution in [0.3, 0.4) is 0 Å². The van der Waals surface area contributed by atoms with E-state index in [-0.39, 0.29) is 6.03 Å². The molecule has 21 heavy (non-hydrogen) atoms. The summed E-state index contributed by atoms with van der Waals surface area (Å²) in [6.07, 6.45) is 1.67. The van der Waals surface area contributed by atoms with Crippen LogP contribution in [0.1, 0.15) is 11.3 Å². The molecule has 1 N–H and O–H groups in total. The third kappa shape index (κ3) is 3.95. The van der Waals surface area contributed by atoms with Gasteiger partial charge in [-0.25, -0.2) is 4.79 Å². The van der Waals surface area contributed by atoms with E-state index in [1.807, 2.05) is 37.3 Å². The van der Waals surface area contributed by atoms with Crippen molar-refractivity contribution < 1.29 is 9.53 Å². The Kier molecular flexibility index (Phi) is 4.77. The number of para-hydroxylation sites is 1. The fraction of sp³-hybridized carbons (Fsp3) is 0.250. The average molecular weight is 285 g/mol. The molecule has 0 saturated carbocycles. The second kappa shape index (κ2) is 6.74. The van der Waals surface area contributed by atoms with E-state index in [4.69, 9.17) is 4.74 Å². The first-order valence-electron chi connectivity index (χ1n) is 6.67. The van der Waals surface area contributed by atoms with Crippen LogP contribution in [0.25, 0.3) is 0 Å². The number of aryl methyl sites for hydroxylation is 1. The first kappa shape index (κ1) is 14.8. The van der Waals surface area contributed by atoms with Crippen LogP contribution < -0.4 is 10.1 Å². The Morgan fingerprint density at radius 2 is 2.10 bits per heavy atom. The van der Waals surface area contributed by atoms with Gasteiger partial charge in [0.15, 0.2) is 0 Å². The highest BCUT2D eigenvalue weighted by atomic mass is 16.5. The Hall–Kier alpha value is -2.56. The predicted molar refractivity (Wildman–Crippen MR) is 82.5 cm³/mol. The molecule has 1 aromatic heterocycles. The smallest absolute Gasteiger partial charge is 0.321 e. The fourth-order valence-electron chi connectivity index (χ4n) is 2.00. The Morgan fingerprint density at radius 3 is 2.81 bits per heavy atom. The van der Waals surface area contributed by atoms with Gasteiger partial charge >= 0.3 is 6.03 Å². The van der Waals surface area contributed by atoms with Gasteiger partial charge in [0.05, 0.1) is 13.7 Å². The van der Waals surface area contributed by atoms with Crippen molar-refractivity contribution in [2.45, 2.75) is 13.5 Å². The van der Waals surface area contributed by atoms with E-state index in [0.29, 0.717) is 6.54 Å². The van der Waals surface area contributed by atoms with E-state index in [1.54, 1.807) is 31.3 Å². The molecule has 1 heterocycles. The third-order valence-electron chi connectivity index (χ3n) is 3.09. The van der Waals surface area contributed by atoms with Crippen molar-refractivity contribution >= 4 is 11.7 Å². The molecule has 0 aliphatic rings. The quantitative estimate of drug-likeness (QED) is 0.939. The second-order valence-electron chi connectivity index (χ2n) is 4.78. The van der Waals surface area contributed by atoms with Gasteiger partial charge in [0.25, 0.3) is 0 Å². The Balaban J connectivity index is 2.02. The van der Waals surface area contributed by atoms with Gasteiger partial charge in [0.2, 0.25) is 0 Å². The number of carbonyl (C=O) groups is 1. The molecule has 1 aromatic carbocycles. The molecule has 0 bridgehead atoms. The number of urea groups is 1. The number of anilines is 1. The van der Waals surface area contributed by atoms with Gasteiger partial charge < -0.3 is 15.0 Å². The Bertz CT molecular complexity index is 628. The number of methoxy groups -OCH3 is 1. The number of benzene rings is 1. The van der Waals surface area contributed by atoms with Crippen LogP contribution in [-0.2, 0) is 6.54 Å². The minimum atomic E-state index is -0.175. The SMILES string of the molecule is COc1ccccc1CN(C)C(=O)Nc1ccnc(C)c1. The summed E-state index contributed by atoms with van der Waals surface area (Å²) in [5, 5.41) is 2.85. The zero-order valence-corrected chi connectivity index (χ0v) is 12.5. The largest absolute Gasteiger partial charge is 0.496 e. The first-order chi connectivity index (χ1) is 10.1. The highest BCUT2D eigenvalue weighted by Crippen LogP contribution is 2.19. The van der Waals surface area contributed by atoms with Crippen molar-refractivity contribution in [3.63, 3.8) is 0 Å². The highest BCUT2D eigenvalue weighted by Gasteiger charge is 2.12. The fourth-order valence-corrected chi connectivity index (χ4v) is 2.00. The van der Waals surface area contributed by atoms with Gasteiger partial charge in [0.1, 0.15) is 5.75 Å². The summed E-state index contributed by atoms with van der Waals surface area (Å²) in [6, 6.07) is 11.1. The van der Waals surface area contributed by atoms with Crippen molar-refractivity contribution in [3.8, 4) is 5.75 Å². The monoisotopic (exact) mass is 285 g/mol. The molecule has 0 aliphatic carbocycles. The van der Waals surface area contributed by atoms with E-state index in [1.165, 1.54) is 0 Å². The maximum atomic E-state index is 12.2. The average Bonchev–Trinajstić information content (AvgIpc) is 2.47. The van der Waals surface area contributed by atoms with E-state index >= 15 is 0 Å². The zero-order valence-electron chi connectivity index (χ0n) is 12.5. The Labute approximate surface area is 124 Å². The molecule has 0 atom stereocenters. The summed E-state index contributed by atoms with van der Waals surface area (Å²) < 4.78 is 5.29. The van der Waals surface area contributed by atoms with E-state index < -0.39 is 0 Å². The molecule has 0 radical (unpaired) electrons. The minimum absolute atomic E-state index is 0.175. The molecule has 0 aliphatic heterocycles. The lowest BCUT2D eigenvalue weighted by atomic mass is 10.2. The topological polar surface area (TPSA) is 54.5 Å². The number of hydrogen-bond acceptors (Lipinski definition) is 3. The Morgan fingerprint density at radius 1 is 1.33 bits per heavy atom. The second-order valence-corrected chi connectivity index (χ2v) is 4.78. The van der Waals surface area contributed by atoms with Gasteiger partial charge in [0, 0.05) is 30.2 Å². The standard InChI is InChI=1S/C16H19N3O2/c1-12-10-14(8-9-17-12)18-16(20)19(2)11-13-6-4-5-7-15(13)21-3/h4-10H,11H2,1-3H3,(H,17,18,20). The number of rotatable bonds is 4. The molecule has 0 unspecified atom stereocenters. The van der Waals surface area contributed by atoms with E-state index in [9.17, 15) is 4.79 Å². The third-order valence-corrected chi connectivity index (χ3v) is 3.09. The van der Waals surface area contributed by atoms with Crippen molar-refractivity contribution in [1.82, 2.24) is 9.88 Å². The van der Waals surface area contributed by atoms with Crippen molar-refractivity contribution in [3.05, 3.63) is 53.9 Å². The van der Waals surface area contributed by atoms with Crippen LogP contribution in [0, 0.1) is 6.92 Å². The summed E-state index contributed by atoms with van der Waals surface area (Å²) in [7, 11) is 3.37. The molecule has 0 saturated heterocycles. The maximum Gasteiger partial charge on any atom is 0.321 e. The van der Waals surface area contributed by atoms with E-state index in [2.05, 4.69) is 10.3 Å². The number of ether oxygens (including phenoxy) is 1. The number of hydrogen-bond donors (Lipinski definition) is 1. The minimum Gasteiger partial charge on any atom is -0.496 e. The number of pyridine rings is 1. The summed E-state index contributed by atoms with van der Waals surface area (Å²) in [6.45, 7) is 2.36. The lowest BCUT2D eigenvalue weighted by Crippen LogP contribution is -2.31. The molecular formula is C16H19N3O2. The normalized spacial score (nSPS) is 10.0.